The Morgan fingerprint density at radius 2 is 2.38 bits per heavy atom. The van der Waals surface area contributed by atoms with E-state index in [1.165, 1.54) is 23.1 Å². The molecule has 1 atom stereocenters. The zero-order valence-corrected chi connectivity index (χ0v) is 11.0. The Hall–Kier alpha value is -2.70. The van der Waals surface area contributed by atoms with E-state index in [1.807, 2.05) is 6.07 Å². The number of anilines is 1. The Morgan fingerprint density at radius 3 is 3.00 bits per heavy atom. The van der Waals surface area contributed by atoms with Crippen LogP contribution in [-0.4, -0.2) is 41.5 Å². The van der Waals surface area contributed by atoms with E-state index in [0.717, 1.165) is 0 Å². The molecule has 0 aromatic heterocycles. The molecule has 1 amide bonds. The van der Waals surface area contributed by atoms with Crippen LogP contribution < -0.4 is 11.3 Å². The van der Waals surface area contributed by atoms with Crippen molar-refractivity contribution in [1.82, 2.24) is 4.90 Å². The highest BCUT2D eigenvalue weighted by molar-refractivity contribution is 5.96. The number of ether oxygens (including phenoxy) is 1. The van der Waals surface area contributed by atoms with Crippen LogP contribution in [0.15, 0.2) is 18.2 Å². The molecule has 1 fully saturated rings. The van der Waals surface area contributed by atoms with Gasteiger partial charge in [-0.25, -0.2) is 0 Å². The number of carbonyl (C=O) groups is 1. The first-order valence-corrected chi connectivity index (χ1v) is 6.12. The molecule has 0 radical (unpaired) electrons. The summed E-state index contributed by atoms with van der Waals surface area (Å²) in [6.07, 6.45) is -0.659. The van der Waals surface area contributed by atoms with E-state index < -0.39 is 11.0 Å². The Balaban J connectivity index is 2.23. The smallest absolute Gasteiger partial charge is 0.293 e. The Labute approximate surface area is 120 Å². The number of nitrogens with zero attached hydrogens (tertiary/aromatic N) is 3. The summed E-state index contributed by atoms with van der Waals surface area (Å²) in [5, 5.41) is 19.6. The minimum Gasteiger partial charge on any atom is -0.360 e. The van der Waals surface area contributed by atoms with Crippen molar-refractivity contribution in [2.24, 2.45) is 5.84 Å². The second-order valence-corrected chi connectivity index (χ2v) is 4.37. The molecule has 110 valence electrons. The molecule has 9 heteroatoms. The number of hydrogen-bond acceptors (Lipinski definition) is 7. The molecule has 0 bridgehead atoms. The van der Waals surface area contributed by atoms with Crippen molar-refractivity contribution in [2.45, 2.75) is 6.10 Å². The third kappa shape index (κ3) is 3.07. The van der Waals surface area contributed by atoms with Crippen molar-refractivity contribution in [3.05, 3.63) is 33.9 Å². The van der Waals surface area contributed by atoms with E-state index in [0.29, 0.717) is 6.54 Å². The zero-order valence-electron chi connectivity index (χ0n) is 11.0. The van der Waals surface area contributed by atoms with Gasteiger partial charge in [0.25, 0.3) is 11.6 Å². The molecule has 0 spiro atoms. The quantitative estimate of drug-likeness (QED) is 0.462. The van der Waals surface area contributed by atoms with Crippen LogP contribution >= 0.6 is 0 Å². The molecule has 1 aliphatic rings. The number of benzene rings is 1. The van der Waals surface area contributed by atoms with Crippen LogP contribution in [0.1, 0.15) is 10.4 Å². The van der Waals surface area contributed by atoms with Gasteiger partial charge in [-0.3, -0.25) is 20.8 Å². The lowest BCUT2D eigenvalue weighted by molar-refractivity contribution is -0.384. The molecule has 2 rings (SSSR count). The Bertz CT molecular complexity index is 612. The lowest BCUT2D eigenvalue weighted by Gasteiger charge is -2.29. The number of nitrogens with two attached hydrogens (primary N) is 1. The maximum absolute atomic E-state index is 12.3. The fourth-order valence-electron chi connectivity index (χ4n) is 2.04. The van der Waals surface area contributed by atoms with Gasteiger partial charge in [0, 0.05) is 18.2 Å². The van der Waals surface area contributed by atoms with E-state index in [2.05, 4.69) is 5.43 Å². The van der Waals surface area contributed by atoms with Crippen molar-refractivity contribution >= 4 is 17.3 Å². The highest BCUT2D eigenvalue weighted by atomic mass is 16.6. The van der Waals surface area contributed by atoms with Crippen LogP contribution in [-0.2, 0) is 4.74 Å². The predicted molar refractivity (Wildman–Crippen MR) is 72.2 cm³/mol. The molecular weight excluding hydrogens is 278 g/mol. The Morgan fingerprint density at radius 1 is 1.62 bits per heavy atom. The van der Waals surface area contributed by atoms with Crippen LogP contribution in [0.25, 0.3) is 0 Å². The molecule has 9 nitrogen and oxygen atoms in total. The summed E-state index contributed by atoms with van der Waals surface area (Å²) < 4.78 is 5.16. The first-order chi connectivity index (χ1) is 10.1. The van der Waals surface area contributed by atoms with E-state index >= 15 is 0 Å². The summed E-state index contributed by atoms with van der Waals surface area (Å²) in [6.45, 7) is 0.802. The van der Waals surface area contributed by atoms with Crippen molar-refractivity contribution in [3.63, 3.8) is 0 Å². The monoisotopic (exact) mass is 291 g/mol. The largest absolute Gasteiger partial charge is 0.360 e. The number of hydrogen-bond donors (Lipinski definition) is 2. The van der Waals surface area contributed by atoms with Crippen molar-refractivity contribution in [2.75, 3.05) is 25.1 Å². The summed E-state index contributed by atoms with van der Waals surface area (Å²) in [5.74, 6) is 4.91. The maximum atomic E-state index is 12.3. The fraction of sp³-hybridized carbons (Fsp3) is 0.333. The Kier molecular flexibility index (Phi) is 4.32. The molecule has 1 aliphatic heterocycles. The van der Waals surface area contributed by atoms with Gasteiger partial charge in [0.15, 0.2) is 6.10 Å². The molecule has 1 unspecified atom stereocenters. The van der Waals surface area contributed by atoms with Gasteiger partial charge < -0.3 is 15.1 Å². The fourth-order valence-corrected chi connectivity index (χ4v) is 2.04. The van der Waals surface area contributed by atoms with E-state index in [1.54, 1.807) is 0 Å². The highest BCUT2D eigenvalue weighted by Crippen LogP contribution is 2.25. The van der Waals surface area contributed by atoms with Crippen LogP contribution in [0.4, 0.5) is 11.4 Å². The average Bonchev–Trinajstić information content (AvgIpc) is 2.53. The second-order valence-electron chi connectivity index (χ2n) is 4.37. The number of nitro benzene ring substituents is 1. The number of nitrogens with one attached hydrogen (secondary N) is 1. The first-order valence-electron chi connectivity index (χ1n) is 6.12. The van der Waals surface area contributed by atoms with Gasteiger partial charge in [0.05, 0.1) is 24.1 Å². The van der Waals surface area contributed by atoms with Crippen molar-refractivity contribution in [1.29, 1.82) is 5.26 Å². The molecular formula is C12H13N5O4. The van der Waals surface area contributed by atoms with E-state index in [9.17, 15) is 14.9 Å². The minimum atomic E-state index is -0.659. The van der Waals surface area contributed by atoms with Gasteiger partial charge in [-0.1, -0.05) is 0 Å². The van der Waals surface area contributed by atoms with Crippen molar-refractivity contribution < 1.29 is 14.5 Å². The zero-order chi connectivity index (χ0) is 15.4. The summed E-state index contributed by atoms with van der Waals surface area (Å²) >= 11 is 0. The third-order valence-corrected chi connectivity index (χ3v) is 3.09. The molecule has 1 aromatic carbocycles. The van der Waals surface area contributed by atoms with Crippen molar-refractivity contribution in [3.8, 4) is 6.07 Å². The number of amides is 1. The summed E-state index contributed by atoms with van der Waals surface area (Å²) in [4.78, 5) is 24.0. The lowest BCUT2D eigenvalue weighted by atomic mass is 10.1. The highest BCUT2D eigenvalue weighted by Gasteiger charge is 2.26. The predicted octanol–water partition coefficient (Wildman–Crippen LogP) is 0.245. The molecule has 1 saturated heterocycles. The molecule has 0 saturated carbocycles. The number of morpholine rings is 1. The summed E-state index contributed by atoms with van der Waals surface area (Å²) in [6, 6.07) is 5.84. The first kappa shape index (κ1) is 14.7. The van der Waals surface area contributed by atoms with Gasteiger partial charge in [-0.05, 0) is 12.1 Å². The third-order valence-electron chi connectivity index (χ3n) is 3.09. The molecule has 21 heavy (non-hydrogen) atoms. The average molecular weight is 291 g/mol. The number of rotatable bonds is 3. The molecule has 3 N–H and O–H groups in total. The molecule has 1 heterocycles. The normalized spacial score (nSPS) is 17.9. The summed E-state index contributed by atoms with van der Waals surface area (Å²) in [7, 11) is 0. The number of nitrogen functional groups attached to an aromatic ring is 1. The lowest BCUT2D eigenvalue weighted by Crippen LogP contribution is -2.45. The van der Waals surface area contributed by atoms with Crippen LogP contribution in [0.5, 0.6) is 0 Å². The van der Waals surface area contributed by atoms with E-state index in [-0.39, 0.29) is 36.0 Å². The number of carbonyl (C=O) groups excluding carboxylic acids is 1. The van der Waals surface area contributed by atoms with Gasteiger partial charge in [0.1, 0.15) is 5.69 Å². The standard InChI is InChI=1S/C12H13N5O4/c13-6-9-7-16(3-4-21-9)12(18)8-1-2-11(17(19)20)10(5-8)15-14/h1-2,5,9,15H,3-4,7,14H2. The van der Waals surface area contributed by atoms with E-state index in [4.69, 9.17) is 15.8 Å². The summed E-state index contributed by atoms with van der Waals surface area (Å²) in [5.41, 5.74) is 2.30. The SMILES string of the molecule is N#CC1CN(C(=O)c2ccc([N+](=O)[O-])c(NN)c2)CCO1. The maximum Gasteiger partial charge on any atom is 0.293 e. The molecule has 0 aliphatic carbocycles. The number of nitriles is 1. The van der Waals surface area contributed by atoms with Gasteiger partial charge in [0.2, 0.25) is 0 Å². The number of hydrazine groups is 1. The van der Waals surface area contributed by atoms with Gasteiger partial charge in [-0.2, -0.15) is 5.26 Å². The molecule has 1 aromatic rings. The van der Waals surface area contributed by atoms with Crippen LogP contribution in [0.2, 0.25) is 0 Å². The van der Waals surface area contributed by atoms with Crippen LogP contribution in [0, 0.1) is 21.4 Å². The topological polar surface area (TPSA) is 135 Å². The van der Waals surface area contributed by atoms with Gasteiger partial charge in [-0.15, -0.1) is 0 Å². The minimum absolute atomic E-state index is 0.0518. The van der Waals surface area contributed by atoms with Crippen LogP contribution in [0.3, 0.4) is 0 Å². The van der Waals surface area contributed by atoms with Gasteiger partial charge >= 0.3 is 0 Å². The second kappa shape index (κ2) is 6.17. The number of nitro groups is 1.